The molecule has 0 radical (unpaired) electrons. The van der Waals surface area contributed by atoms with Gasteiger partial charge in [0.25, 0.3) is 0 Å². The van der Waals surface area contributed by atoms with E-state index in [1.54, 1.807) is 0 Å². The van der Waals surface area contributed by atoms with Crippen LogP contribution in [-0.2, 0) is 5.54 Å². The molecule has 2 rings (SSSR count). The molecule has 26 heavy (non-hydrogen) atoms. The maximum Gasteiger partial charge on any atom is 0.0991 e. The Kier molecular flexibility index (Phi) is 7.18. The number of nitrogens with one attached hydrogen (secondary N) is 1. The second kappa shape index (κ2) is 9.36. The molecule has 0 aromatic heterocycles. The summed E-state index contributed by atoms with van der Waals surface area (Å²) >= 11 is 0. The molecule has 0 amide bonds. The van der Waals surface area contributed by atoms with Crippen LogP contribution in [0.25, 0.3) is 11.1 Å². The van der Waals surface area contributed by atoms with Crippen molar-refractivity contribution in [2.24, 2.45) is 0 Å². The van der Waals surface area contributed by atoms with Crippen LogP contribution in [0.4, 0.5) is 0 Å². The molecule has 2 heteroatoms. The lowest BCUT2D eigenvalue weighted by molar-refractivity contribution is 0.289. The highest BCUT2D eigenvalue weighted by Gasteiger charge is 2.29. The van der Waals surface area contributed by atoms with Crippen LogP contribution in [0, 0.1) is 11.3 Å². The summed E-state index contributed by atoms with van der Waals surface area (Å²) in [6.07, 6.45) is 4.49. The van der Waals surface area contributed by atoms with Gasteiger partial charge in [-0.2, -0.15) is 5.26 Å². The molecule has 0 fully saturated rings. The van der Waals surface area contributed by atoms with E-state index < -0.39 is 0 Å². The van der Waals surface area contributed by atoms with Gasteiger partial charge in [-0.05, 0) is 48.6 Å². The Balaban J connectivity index is 2.36. The highest BCUT2D eigenvalue weighted by atomic mass is 15.0. The minimum absolute atomic E-state index is 0.00448. The summed E-state index contributed by atoms with van der Waals surface area (Å²) in [6.45, 7) is 11.5. The number of hydrogen-bond acceptors (Lipinski definition) is 2. The Hall–Kier alpha value is -2.37. The third-order valence-electron chi connectivity index (χ3n) is 4.84. The first-order valence-electron chi connectivity index (χ1n) is 9.55. The number of hydrogen-bond donors (Lipinski definition) is 1. The fraction of sp³-hybridized carbons (Fsp3) is 0.375. The van der Waals surface area contributed by atoms with Gasteiger partial charge in [-0.15, -0.1) is 0 Å². The molecule has 0 spiro atoms. The largest absolute Gasteiger partial charge is 0.304 e. The molecular formula is C24H30N2. The average molecular weight is 347 g/mol. The second-order valence-corrected chi connectivity index (χ2v) is 7.16. The topological polar surface area (TPSA) is 35.8 Å². The van der Waals surface area contributed by atoms with Crippen LogP contribution in [0.15, 0.2) is 60.7 Å². The van der Waals surface area contributed by atoms with E-state index in [0.29, 0.717) is 5.56 Å². The fourth-order valence-electron chi connectivity index (χ4n) is 3.62. The van der Waals surface area contributed by atoms with Crippen molar-refractivity contribution in [3.63, 3.8) is 0 Å². The van der Waals surface area contributed by atoms with Gasteiger partial charge >= 0.3 is 0 Å². The molecular weight excluding hydrogens is 316 g/mol. The minimum Gasteiger partial charge on any atom is -0.304 e. The molecule has 0 saturated carbocycles. The number of nitrogens with zero attached hydrogens (tertiary/aromatic N) is 1. The van der Waals surface area contributed by atoms with Gasteiger partial charge < -0.3 is 5.32 Å². The molecule has 2 aromatic rings. The smallest absolute Gasteiger partial charge is 0.0991 e. The zero-order valence-corrected chi connectivity index (χ0v) is 16.3. The first-order valence-corrected chi connectivity index (χ1v) is 9.55. The summed E-state index contributed by atoms with van der Waals surface area (Å²) in [4.78, 5) is 0. The van der Waals surface area contributed by atoms with Crippen LogP contribution < -0.4 is 5.32 Å². The van der Waals surface area contributed by atoms with E-state index in [-0.39, 0.29) is 5.54 Å². The van der Waals surface area contributed by atoms with Crippen LogP contribution in [0.1, 0.15) is 57.6 Å². The van der Waals surface area contributed by atoms with E-state index in [1.807, 2.05) is 18.2 Å². The Bertz CT molecular complexity index is 760. The van der Waals surface area contributed by atoms with Crippen molar-refractivity contribution in [1.82, 2.24) is 5.32 Å². The number of benzene rings is 2. The summed E-state index contributed by atoms with van der Waals surface area (Å²) in [5.74, 6) is 0. The van der Waals surface area contributed by atoms with Crippen LogP contribution in [0.5, 0.6) is 0 Å². The fourth-order valence-corrected chi connectivity index (χ4v) is 3.62. The number of nitriles is 1. The van der Waals surface area contributed by atoms with Crippen molar-refractivity contribution in [1.29, 1.82) is 5.26 Å². The lowest BCUT2D eigenvalue weighted by Crippen LogP contribution is -2.43. The van der Waals surface area contributed by atoms with Crippen LogP contribution in [-0.4, -0.2) is 6.54 Å². The van der Waals surface area contributed by atoms with Crippen molar-refractivity contribution in [3.05, 3.63) is 71.8 Å². The summed E-state index contributed by atoms with van der Waals surface area (Å²) in [5, 5.41) is 12.9. The van der Waals surface area contributed by atoms with Crippen LogP contribution in [0.2, 0.25) is 0 Å². The lowest BCUT2D eigenvalue weighted by atomic mass is 9.81. The van der Waals surface area contributed by atoms with Crippen molar-refractivity contribution < 1.29 is 0 Å². The quantitative estimate of drug-likeness (QED) is 0.550. The third kappa shape index (κ3) is 4.84. The van der Waals surface area contributed by atoms with Gasteiger partial charge in [0.15, 0.2) is 0 Å². The molecule has 0 aliphatic heterocycles. The molecule has 0 heterocycles. The van der Waals surface area contributed by atoms with E-state index in [1.165, 1.54) is 5.56 Å². The molecule has 0 saturated heterocycles. The highest BCUT2D eigenvalue weighted by molar-refractivity contribution is 5.65. The molecule has 0 unspecified atom stereocenters. The van der Waals surface area contributed by atoms with Gasteiger partial charge in [0.05, 0.1) is 11.6 Å². The Morgan fingerprint density at radius 3 is 2.23 bits per heavy atom. The van der Waals surface area contributed by atoms with Gasteiger partial charge in [0, 0.05) is 12.1 Å². The maximum atomic E-state index is 9.12. The molecule has 0 aliphatic carbocycles. The average Bonchev–Trinajstić information content (AvgIpc) is 2.66. The van der Waals surface area contributed by atoms with Gasteiger partial charge in [-0.1, -0.05) is 75.2 Å². The monoisotopic (exact) mass is 346 g/mol. The standard InChI is InChI=1S/C24H30N2/c1-5-14-24(15-6-2,26-18-19(3)4)23-12-10-21(11-13-23)22-9-7-8-20(16-22)17-25/h7-13,16,26H,3,5-6,14-15,18H2,1-2,4H3. The van der Waals surface area contributed by atoms with Gasteiger partial charge in [-0.25, -0.2) is 0 Å². The number of rotatable bonds is 9. The second-order valence-electron chi connectivity index (χ2n) is 7.16. The first-order chi connectivity index (χ1) is 12.5. The van der Waals surface area contributed by atoms with Gasteiger partial charge in [-0.3, -0.25) is 0 Å². The highest BCUT2D eigenvalue weighted by Crippen LogP contribution is 2.33. The molecule has 0 bridgehead atoms. The molecule has 2 nitrogen and oxygen atoms in total. The van der Waals surface area contributed by atoms with Crippen molar-refractivity contribution in [2.45, 2.75) is 52.0 Å². The lowest BCUT2D eigenvalue weighted by Gasteiger charge is -2.36. The SMILES string of the molecule is C=C(C)CNC(CCC)(CCC)c1ccc(-c2cccc(C#N)c2)cc1. The van der Waals surface area contributed by atoms with E-state index in [9.17, 15) is 0 Å². The van der Waals surface area contributed by atoms with Crippen molar-refractivity contribution >= 4 is 0 Å². The molecule has 0 aliphatic rings. The predicted octanol–water partition coefficient (Wildman–Crippen LogP) is 6.19. The van der Waals surface area contributed by atoms with E-state index in [2.05, 4.69) is 69.1 Å². The summed E-state index contributed by atoms with van der Waals surface area (Å²) in [7, 11) is 0. The first kappa shape index (κ1) is 19.9. The molecule has 0 atom stereocenters. The van der Waals surface area contributed by atoms with Crippen LogP contribution >= 0.6 is 0 Å². The molecule has 2 aromatic carbocycles. The van der Waals surface area contributed by atoms with E-state index >= 15 is 0 Å². The summed E-state index contributed by atoms with van der Waals surface area (Å²) in [6, 6.07) is 18.8. The molecule has 136 valence electrons. The Labute approximate surface area is 158 Å². The summed E-state index contributed by atoms with van der Waals surface area (Å²) in [5.41, 5.74) is 5.42. The Morgan fingerprint density at radius 1 is 1.04 bits per heavy atom. The van der Waals surface area contributed by atoms with Crippen LogP contribution in [0.3, 0.4) is 0 Å². The normalized spacial score (nSPS) is 11.2. The molecule has 1 N–H and O–H groups in total. The summed E-state index contributed by atoms with van der Waals surface area (Å²) < 4.78 is 0. The van der Waals surface area contributed by atoms with E-state index in [0.717, 1.165) is 48.9 Å². The minimum atomic E-state index is -0.00448. The zero-order valence-electron chi connectivity index (χ0n) is 16.3. The van der Waals surface area contributed by atoms with Crippen molar-refractivity contribution in [2.75, 3.05) is 6.54 Å². The van der Waals surface area contributed by atoms with E-state index in [4.69, 9.17) is 5.26 Å². The van der Waals surface area contributed by atoms with Gasteiger partial charge in [0.2, 0.25) is 0 Å². The predicted molar refractivity (Wildman–Crippen MR) is 111 cm³/mol. The maximum absolute atomic E-state index is 9.12. The third-order valence-corrected chi connectivity index (χ3v) is 4.84. The Morgan fingerprint density at radius 2 is 1.69 bits per heavy atom. The van der Waals surface area contributed by atoms with Gasteiger partial charge in [0.1, 0.15) is 0 Å². The van der Waals surface area contributed by atoms with Crippen molar-refractivity contribution in [3.8, 4) is 17.2 Å². The zero-order chi connectivity index (χ0) is 19.0.